The van der Waals surface area contributed by atoms with Crippen molar-refractivity contribution in [1.29, 1.82) is 0 Å². The van der Waals surface area contributed by atoms with Crippen LogP contribution in [0.3, 0.4) is 0 Å². The van der Waals surface area contributed by atoms with Crippen molar-refractivity contribution < 1.29 is 19.1 Å². The van der Waals surface area contributed by atoms with Gasteiger partial charge in [0.05, 0.1) is 18.4 Å². The molecule has 1 atom stereocenters. The fourth-order valence-corrected chi connectivity index (χ4v) is 2.90. The van der Waals surface area contributed by atoms with Crippen LogP contribution in [0.5, 0.6) is 5.75 Å². The summed E-state index contributed by atoms with van der Waals surface area (Å²) in [5, 5.41) is 2.91. The number of rotatable bonds is 4. The van der Waals surface area contributed by atoms with Crippen molar-refractivity contribution in [3.8, 4) is 5.75 Å². The van der Waals surface area contributed by atoms with Crippen LogP contribution in [0.15, 0.2) is 18.2 Å². The Balaban J connectivity index is 1.56. The number of hydrogen-bond donors (Lipinski definition) is 1. The Morgan fingerprint density at radius 3 is 3.00 bits per heavy atom. The highest BCUT2D eigenvalue weighted by atomic mass is 16.5. The summed E-state index contributed by atoms with van der Waals surface area (Å²) >= 11 is 0. The molecule has 130 valence electrons. The van der Waals surface area contributed by atoms with E-state index in [1.807, 2.05) is 0 Å². The minimum atomic E-state index is -0.159. The molecule has 7 heteroatoms. The molecular formula is C17H23N3O4. The van der Waals surface area contributed by atoms with E-state index in [1.165, 1.54) is 4.90 Å². The molecule has 2 amide bonds. The van der Waals surface area contributed by atoms with Gasteiger partial charge in [0.1, 0.15) is 5.75 Å². The third-order valence-corrected chi connectivity index (χ3v) is 4.40. The summed E-state index contributed by atoms with van der Waals surface area (Å²) in [6.07, 6.45) is 0.937. The molecule has 3 rings (SSSR count). The fraction of sp³-hybridized carbons (Fsp3) is 0.529. The van der Waals surface area contributed by atoms with E-state index in [4.69, 9.17) is 9.47 Å². The maximum absolute atomic E-state index is 12.3. The first-order valence-electron chi connectivity index (χ1n) is 8.16. The number of fused-ring (bicyclic) bond motifs is 1. The second kappa shape index (κ2) is 7.19. The average Bonchev–Trinajstić information content (AvgIpc) is 2.58. The van der Waals surface area contributed by atoms with Crippen molar-refractivity contribution in [2.24, 2.45) is 0 Å². The molecule has 0 aromatic heterocycles. The van der Waals surface area contributed by atoms with Crippen LogP contribution in [0.25, 0.3) is 0 Å². The van der Waals surface area contributed by atoms with Gasteiger partial charge in [-0.2, -0.15) is 0 Å². The Morgan fingerprint density at radius 2 is 2.21 bits per heavy atom. The number of benzene rings is 1. The number of anilines is 1. The molecule has 1 N–H and O–H groups in total. The molecule has 2 heterocycles. The highest BCUT2D eigenvalue weighted by Gasteiger charge is 2.23. The molecule has 24 heavy (non-hydrogen) atoms. The summed E-state index contributed by atoms with van der Waals surface area (Å²) < 4.78 is 11.0. The number of nitrogens with one attached hydrogen (secondary N) is 1. The minimum Gasteiger partial charge on any atom is -0.482 e. The van der Waals surface area contributed by atoms with Crippen LogP contribution in [-0.2, 0) is 9.53 Å². The predicted molar refractivity (Wildman–Crippen MR) is 89.5 cm³/mol. The van der Waals surface area contributed by atoms with Crippen LogP contribution in [0.1, 0.15) is 16.8 Å². The smallest absolute Gasteiger partial charge is 0.264 e. The molecular weight excluding hydrogens is 310 g/mol. The largest absolute Gasteiger partial charge is 0.482 e. The highest BCUT2D eigenvalue weighted by Crippen LogP contribution is 2.31. The van der Waals surface area contributed by atoms with E-state index in [2.05, 4.69) is 17.3 Å². The zero-order valence-electron chi connectivity index (χ0n) is 14.1. The SMILES string of the molecule is CN1CCO[C@H](CCNC(=O)c2ccc3c(c2)N(C)C(=O)CO3)C1. The zero-order valence-corrected chi connectivity index (χ0v) is 14.1. The molecule has 0 bridgehead atoms. The van der Waals surface area contributed by atoms with Gasteiger partial charge in [-0.15, -0.1) is 0 Å². The predicted octanol–water partition coefficient (Wildman–Crippen LogP) is 0.492. The lowest BCUT2D eigenvalue weighted by atomic mass is 10.1. The van der Waals surface area contributed by atoms with Crippen molar-refractivity contribution in [1.82, 2.24) is 10.2 Å². The number of likely N-dealkylation sites (N-methyl/N-ethyl adjacent to an activating group) is 2. The van der Waals surface area contributed by atoms with Gasteiger partial charge in [0.2, 0.25) is 0 Å². The number of carbonyl (C=O) groups is 2. The normalized spacial score (nSPS) is 21.2. The molecule has 2 aliphatic heterocycles. The van der Waals surface area contributed by atoms with Gasteiger partial charge in [-0.25, -0.2) is 0 Å². The van der Waals surface area contributed by atoms with Crippen molar-refractivity contribution in [2.75, 3.05) is 51.8 Å². The van der Waals surface area contributed by atoms with Gasteiger partial charge in [-0.1, -0.05) is 0 Å². The lowest BCUT2D eigenvalue weighted by Gasteiger charge is -2.30. The number of ether oxygens (including phenoxy) is 2. The summed E-state index contributed by atoms with van der Waals surface area (Å²) in [7, 11) is 3.75. The van der Waals surface area contributed by atoms with Gasteiger partial charge < -0.3 is 24.6 Å². The number of hydrogen-bond acceptors (Lipinski definition) is 5. The van der Waals surface area contributed by atoms with Gasteiger partial charge in [-0.05, 0) is 31.7 Å². The van der Waals surface area contributed by atoms with Crippen molar-refractivity contribution in [3.63, 3.8) is 0 Å². The molecule has 1 aromatic carbocycles. The van der Waals surface area contributed by atoms with Gasteiger partial charge >= 0.3 is 0 Å². The third-order valence-electron chi connectivity index (χ3n) is 4.40. The Kier molecular flexibility index (Phi) is 5.01. The molecule has 1 aromatic rings. The van der Waals surface area contributed by atoms with Gasteiger partial charge in [0.15, 0.2) is 6.61 Å². The Morgan fingerprint density at radius 1 is 1.38 bits per heavy atom. The first-order valence-corrected chi connectivity index (χ1v) is 8.16. The molecule has 0 unspecified atom stereocenters. The first-order chi connectivity index (χ1) is 11.5. The molecule has 1 saturated heterocycles. The van der Waals surface area contributed by atoms with E-state index in [-0.39, 0.29) is 24.5 Å². The molecule has 2 aliphatic rings. The Labute approximate surface area is 141 Å². The molecule has 7 nitrogen and oxygen atoms in total. The Hall–Kier alpha value is -2.12. The van der Waals surface area contributed by atoms with E-state index < -0.39 is 0 Å². The summed E-state index contributed by atoms with van der Waals surface area (Å²) in [5.41, 5.74) is 1.14. The summed E-state index contributed by atoms with van der Waals surface area (Å²) in [5.74, 6) is 0.333. The van der Waals surface area contributed by atoms with E-state index in [0.717, 1.165) is 26.1 Å². The molecule has 0 spiro atoms. The maximum atomic E-state index is 12.3. The van der Waals surface area contributed by atoms with E-state index in [9.17, 15) is 9.59 Å². The second-order valence-electron chi connectivity index (χ2n) is 6.22. The van der Waals surface area contributed by atoms with Crippen LogP contribution in [0, 0.1) is 0 Å². The van der Waals surface area contributed by atoms with Gasteiger partial charge in [0.25, 0.3) is 11.8 Å². The van der Waals surface area contributed by atoms with Crippen molar-refractivity contribution in [3.05, 3.63) is 23.8 Å². The summed E-state index contributed by atoms with van der Waals surface area (Å²) in [6.45, 7) is 3.16. The second-order valence-corrected chi connectivity index (χ2v) is 6.22. The number of amides is 2. The standard InChI is InChI=1S/C17H23N3O4/c1-19-7-8-23-13(10-19)5-6-18-17(22)12-3-4-15-14(9-12)20(2)16(21)11-24-15/h3-4,9,13H,5-8,10-11H2,1-2H3,(H,18,22)/t13-/m1/s1. The van der Waals surface area contributed by atoms with Crippen LogP contribution in [0.4, 0.5) is 5.69 Å². The quantitative estimate of drug-likeness (QED) is 0.868. The van der Waals surface area contributed by atoms with Gasteiger partial charge in [-0.3, -0.25) is 9.59 Å². The monoisotopic (exact) mass is 333 g/mol. The minimum absolute atomic E-state index is 0.0326. The van der Waals surface area contributed by atoms with Crippen LogP contribution in [-0.4, -0.2) is 69.8 Å². The van der Waals surface area contributed by atoms with Gasteiger partial charge in [0, 0.05) is 32.2 Å². The lowest BCUT2D eigenvalue weighted by Crippen LogP contribution is -2.41. The molecule has 0 aliphatic carbocycles. The lowest BCUT2D eigenvalue weighted by molar-refractivity contribution is -0.120. The summed E-state index contributed by atoms with van der Waals surface area (Å²) in [6, 6.07) is 5.13. The van der Waals surface area contributed by atoms with Crippen LogP contribution >= 0.6 is 0 Å². The van der Waals surface area contributed by atoms with E-state index >= 15 is 0 Å². The van der Waals surface area contributed by atoms with Crippen molar-refractivity contribution in [2.45, 2.75) is 12.5 Å². The average molecular weight is 333 g/mol. The number of carbonyl (C=O) groups excluding carboxylic acids is 2. The third kappa shape index (κ3) is 3.68. The van der Waals surface area contributed by atoms with Crippen molar-refractivity contribution >= 4 is 17.5 Å². The van der Waals surface area contributed by atoms with Crippen LogP contribution < -0.4 is 15.0 Å². The van der Waals surface area contributed by atoms with E-state index in [0.29, 0.717) is 23.5 Å². The molecule has 0 radical (unpaired) electrons. The molecule has 1 fully saturated rings. The number of nitrogens with zero attached hydrogens (tertiary/aromatic N) is 2. The fourth-order valence-electron chi connectivity index (χ4n) is 2.90. The summed E-state index contributed by atoms with van der Waals surface area (Å²) in [4.78, 5) is 27.8. The highest BCUT2D eigenvalue weighted by molar-refractivity contribution is 6.00. The maximum Gasteiger partial charge on any atom is 0.264 e. The number of morpholine rings is 1. The molecule has 0 saturated carbocycles. The topological polar surface area (TPSA) is 71.1 Å². The first kappa shape index (κ1) is 16.7. The van der Waals surface area contributed by atoms with E-state index in [1.54, 1.807) is 25.2 Å². The Bertz CT molecular complexity index is 634. The van der Waals surface area contributed by atoms with Crippen LogP contribution in [0.2, 0.25) is 0 Å². The zero-order chi connectivity index (χ0) is 17.1.